The molecule has 2 aromatic heterocycles. The molecule has 1 aliphatic carbocycles. The zero-order chi connectivity index (χ0) is 24.9. The molecule has 6 rings (SSSR count). The van der Waals surface area contributed by atoms with Gasteiger partial charge in [-0.1, -0.05) is 29.8 Å². The minimum absolute atomic E-state index is 0.178. The van der Waals surface area contributed by atoms with E-state index in [4.69, 9.17) is 22.9 Å². The van der Waals surface area contributed by atoms with Gasteiger partial charge >= 0.3 is 0 Å². The molecule has 2 aromatic carbocycles. The van der Waals surface area contributed by atoms with Crippen molar-refractivity contribution in [3.63, 3.8) is 0 Å². The number of fused-ring (bicyclic) bond motifs is 3. The number of ketones is 1. The van der Waals surface area contributed by atoms with Gasteiger partial charge in [-0.3, -0.25) is 9.59 Å². The van der Waals surface area contributed by atoms with Gasteiger partial charge in [0.15, 0.2) is 5.78 Å². The molecular formula is C27H20ClN5O3. The Morgan fingerprint density at radius 1 is 1.17 bits per heavy atom. The Hall–Kier alpha value is -4.35. The second kappa shape index (κ2) is 8.40. The van der Waals surface area contributed by atoms with Gasteiger partial charge in [-0.25, -0.2) is 11.6 Å². The molecule has 178 valence electrons. The van der Waals surface area contributed by atoms with Crippen molar-refractivity contribution in [1.29, 1.82) is 0 Å². The Labute approximate surface area is 211 Å². The average Bonchev–Trinajstić information content (AvgIpc) is 3.51. The Kier molecular flexibility index (Phi) is 5.16. The summed E-state index contributed by atoms with van der Waals surface area (Å²) in [7, 11) is 0. The van der Waals surface area contributed by atoms with E-state index in [9.17, 15) is 9.59 Å². The molecule has 3 heterocycles. The SMILES string of the molecule is [C-]#[N+][C@@H]1CC[C@@]2(C1)Nc1c(cnc3[nH]cc(C(=O)c4ccc(Oc5ccccc5)cc4Cl)c13)NC2=O. The second-order valence-corrected chi connectivity index (χ2v) is 9.45. The van der Waals surface area contributed by atoms with Crippen LogP contribution in [0.2, 0.25) is 5.02 Å². The lowest BCUT2D eigenvalue weighted by Crippen LogP contribution is -2.51. The number of pyridine rings is 1. The fourth-order valence-electron chi connectivity index (χ4n) is 5.00. The van der Waals surface area contributed by atoms with Crippen molar-refractivity contribution in [2.24, 2.45) is 0 Å². The number of amides is 1. The molecule has 9 heteroatoms. The smallest absolute Gasteiger partial charge is 0.250 e. The number of nitrogens with one attached hydrogen (secondary N) is 3. The first-order chi connectivity index (χ1) is 17.5. The number of ether oxygens (including phenoxy) is 1. The third kappa shape index (κ3) is 3.56. The highest BCUT2D eigenvalue weighted by molar-refractivity contribution is 6.36. The summed E-state index contributed by atoms with van der Waals surface area (Å²) in [5.74, 6) is 0.715. The minimum Gasteiger partial charge on any atom is -0.457 e. The Balaban J connectivity index is 1.37. The number of benzene rings is 2. The summed E-state index contributed by atoms with van der Waals surface area (Å²) in [5.41, 5.74) is 1.44. The third-order valence-corrected chi connectivity index (χ3v) is 7.14. The normalized spacial score (nSPS) is 20.4. The lowest BCUT2D eigenvalue weighted by Gasteiger charge is -2.35. The predicted octanol–water partition coefficient (Wildman–Crippen LogP) is 5.81. The topological polar surface area (TPSA) is 100 Å². The summed E-state index contributed by atoms with van der Waals surface area (Å²) < 4.78 is 5.83. The van der Waals surface area contributed by atoms with Gasteiger partial charge < -0.3 is 25.2 Å². The number of para-hydroxylation sites is 1. The number of hydrogen-bond donors (Lipinski definition) is 3. The number of rotatable bonds is 4. The monoisotopic (exact) mass is 497 g/mol. The van der Waals surface area contributed by atoms with Crippen LogP contribution in [0.25, 0.3) is 15.9 Å². The van der Waals surface area contributed by atoms with Crippen LogP contribution in [0.15, 0.2) is 60.9 Å². The number of carbonyl (C=O) groups is 2. The van der Waals surface area contributed by atoms with Crippen LogP contribution < -0.4 is 15.4 Å². The van der Waals surface area contributed by atoms with Gasteiger partial charge in [-0.15, -0.1) is 0 Å². The first kappa shape index (κ1) is 22.1. The molecule has 3 N–H and O–H groups in total. The molecule has 1 saturated carbocycles. The number of aromatic nitrogens is 2. The number of hydrogen-bond acceptors (Lipinski definition) is 5. The van der Waals surface area contributed by atoms with Crippen molar-refractivity contribution in [3.8, 4) is 11.5 Å². The van der Waals surface area contributed by atoms with Crippen molar-refractivity contribution in [2.45, 2.75) is 30.8 Å². The molecule has 1 amide bonds. The van der Waals surface area contributed by atoms with Gasteiger partial charge in [0.2, 0.25) is 11.9 Å². The average molecular weight is 498 g/mol. The predicted molar refractivity (Wildman–Crippen MR) is 137 cm³/mol. The molecule has 4 aromatic rings. The first-order valence-electron chi connectivity index (χ1n) is 11.5. The molecule has 0 radical (unpaired) electrons. The maximum absolute atomic E-state index is 13.6. The molecule has 1 aliphatic heterocycles. The Morgan fingerprint density at radius 3 is 2.75 bits per heavy atom. The van der Waals surface area contributed by atoms with Gasteiger partial charge in [0.25, 0.3) is 0 Å². The van der Waals surface area contributed by atoms with Crippen molar-refractivity contribution in [3.05, 3.63) is 88.5 Å². The van der Waals surface area contributed by atoms with E-state index in [0.29, 0.717) is 64.3 Å². The molecule has 0 bridgehead atoms. The van der Waals surface area contributed by atoms with Gasteiger partial charge in [-0.2, -0.15) is 0 Å². The van der Waals surface area contributed by atoms with E-state index in [1.807, 2.05) is 30.3 Å². The fourth-order valence-corrected chi connectivity index (χ4v) is 5.26. The molecule has 0 saturated heterocycles. The van der Waals surface area contributed by atoms with E-state index in [0.717, 1.165) is 0 Å². The van der Waals surface area contributed by atoms with Crippen molar-refractivity contribution in [2.75, 3.05) is 10.6 Å². The Bertz CT molecular complexity index is 1580. The zero-order valence-electron chi connectivity index (χ0n) is 19.0. The molecular weight excluding hydrogens is 478 g/mol. The molecule has 2 aliphatic rings. The summed E-state index contributed by atoms with van der Waals surface area (Å²) >= 11 is 6.52. The number of anilines is 2. The van der Waals surface area contributed by atoms with Gasteiger partial charge in [0, 0.05) is 24.2 Å². The van der Waals surface area contributed by atoms with E-state index in [-0.39, 0.29) is 22.8 Å². The van der Waals surface area contributed by atoms with Crippen LogP contribution in [0.4, 0.5) is 11.4 Å². The van der Waals surface area contributed by atoms with Crippen LogP contribution in [0.5, 0.6) is 11.5 Å². The van der Waals surface area contributed by atoms with Crippen LogP contribution >= 0.6 is 11.6 Å². The number of aromatic amines is 1. The lowest BCUT2D eigenvalue weighted by molar-refractivity contribution is -0.120. The molecule has 1 spiro atoms. The maximum atomic E-state index is 13.6. The minimum atomic E-state index is -0.887. The quantitative estimate of drug-likeness (QED) is 0.244. The van der Waals surface area contributed by atoms with E-state index >= 15 is 0 Å². The van der Waals surface area contributed by atoms with Crippen LogP contribution in [0.1, 0.15) is 35.2 Å². The summed E-state index contributed by atoms with van der Waals surface area (Å²) in [6, 6.07) is 14.0. The van der Waals surface area contributed by atoms with Crippen LogP contribution in [-0.2, 0) is 4.79 Å². The van der Waals surface area contributed by atoms with Gasteiger partial charge in [-0.05, 0) is 30.7 Å². The highest BCUT2D eigenvalue weighted by atomic mass is 35.5. The molecule has 0 unspecified atom stereocenters. The van der Waals surface area contributed by atoms with Crippen LogP contribution in [0.3, 0.4) is 0 Å². The third-order valence-electron chi connectivity index (χ3n) is 6.83. The van der Waals surface area contributed by atoms with E-state index in [1.54, 1.807) is 30.6 Å². The van der Waals surface area contributed by atoms with Crippen LogP contribution in [0, 0.1) is 6.57 Å². The highest BCUT2D eigenvalue weighted by Gasteiger charge is 2.51. The van der Waals surface area contributed by atoms with Crippen molar-refractivity contribution < 1.29 is 14.3 Å². The highest BCUT2D eigenvalue weighted by Crippen LogP contribution is 2.44. The Morgan fingerprint density at radius 2 is 2.00 bits per heavy atom. The van der Waals surface area contributed by atoms with Crippen molar-refractivity contribution >= 4 is 45.7 Å². The standard InChI is InChI=1S/C27H20ClN5O3/c1-29-15-9-10-27(12-15)26(35)32-21-14-31-25-22(23(21)33-27)19(13-30-25)24(34)18-8-7-17(11-20(18)28)36-16-5-3-2-4-6-16/h2-8,11,13-15,33H,9-10,12H2,(H,30,31)(H,32,35)/t15-,27+/m1/s1. The number of carbonyl (C=O) groups excluding carboxylic acids is 2. The van der Waals surface area contributed by atoms with E-state index < -0.39 is 5.54 Å². The largest absolute Gasteiger partial charge is 0.457 e. The molecule has 2 atom stereocenters. The number of nitrogens with zero attached hydrogens (tertiary/aromatic N) is 2. The summed E-state index contributed by atoms with van der Waals surface area (Å²) in [6.45, 7) is 7.39. The number of halogens is 1. The first-order valence-corrected chi connectivity index (χ1v) is 11.9. The lowest BCUT2D eigenvalue weighted by atomic mass is 9.91. The zero-order valence-corrected chi connectivity index (χ0v) is 19.7. The molecule has 8 nitrogen and oxygen atoms in total. The summed E-state index contributed by atoms with van der Waals surface area (Å²) in [4.78, 5) is 37.7. The van der Waals surface area contributed by atoms with Crippen molar-refractivity contribution in [1.82, 2.24) is 9.97 Å². The second-order valence-electron chi connectivity index (χ2n) is 9.05. The summed E-state index contributed by atoms with van der Waals surface area (Å²) in [6.07, 6.45) is 4.75. The molecule has 36 heavy (non-hydrogen) atoms. The maximum Gasteiger partial charge on any atom is 0.250 e. The van der Waals surface area contributed by atoms with Gasteiger partial charge in [0.05, 0.1) is 40.0 Å². The van der Waals surface area contributed by atoms with Gasteiger partial charge in [0.1, 0.15) is 22.7 Å². The molecule has 1 fully saturated rings. The number of H-pyrrole nitrogens is 1. The van der Waals surface area contributed by atoms with E-state index in [2.05, 4.69) is 25.4 Å². The summed E-state index contributed by atoms with van der Waals surface area (Å²) in [5, 5.41) is 7.16. The fraction of sp³-hybridized carbons (Fsp3) is 0.185. The van der Waals surface area contributed by atoms with Crippen LogP contribution in [-0.4, -0.2) is 33.2 Å². The van der Waals surface area contributed by atoms with E-state index in [1.165, 1.54) is 0 Å².